The molecule has 0 fully saturated rings. The van der Waals surface area contributed by atoms with E-state index < -0.39 is 5.75 Å². The monoisotopic (exact) mass is 362 g/mol. The molecular formula is C21H18N2O4. The number of rotatable bonds is 6. The number of hydrogen-bond acceptors (Lipinski definition) is 6. The van der Waals surface area contributed by atoms with Crippen LogP contribution < -0.4 is 0 Å². The van der Waals surface area contributed by atoms with Crippen LogP contribution in [0.5, 0.6) is 11.5 Å². The number of carbonyl (C=O) groups excluding carboxylic acids is 1. The Hall–Kier alpha value is -3.51. The number of aromatic hydroxyl groups is 2. The van der Waals surface area contributed by atoms with Crippen molar-refractivity contribution in [3.63, 3.8) is 0 Å². The highest BCUT2D eigenvalue weighted by molar-refractivity contribution is 6.11. The van der Waals surface area contributed by atoms with Crippen molar-refractivity contribution in [1.29, 1.82) is 0 Å². The molecular weight excluding hydrogens is 344 g/mol. The van der Waals surface area contributed by atoms with Crippen molar-refractivity contribution in [3.05, 3.63) is 83.4 Å². The number of carbonyl (C=O) groups is 1. The molecule has 0 aromatic heterocycles. The van der Waals surface area contributed by atoms with Crippen molar-refractivity contribution in [2.75, 3.05) is 6.61 Å². The van der Waals surface area contributed by atoms with Crippen LogP contribution in [0.3, 0.4) is 0 Å². The molecule has 0 spiro atoms. The summed E-state index contributed by atoms with van der Waals surface area (Å²) in [7, 11) is 0. The lowest BCUT2D eigenvalue weighted by molar-refractivity contribution is 0.103. The SMILES string of the molecule is O=C(c1ccccc1)c1ccc(O)c(N=Nc2ccc(CCO)cc2)c1O. The van der Waals surface area contributed by atoms with E-state index in [1.807, 2.05) is 0 Å². The summed E-state index contributed by atoms with van der Waals surface area (Å²) in [5, 5.41) is 37.3. The normalized spacial score (nSPS) is 11.0. The Morgan fingerprint density at radius 1 is 0.852 bits per heavy atom. The first-order chi connectivity index (χ1) is 13.1. The first-order valence-electron chi connectivity index (χ1n) is 8.36. The molecule has 0 radical (unpaired) electrons. The molecule has 0 aliphatic carbocycles. The van der Waals surface area contributed by atoms with Crippen molar-refractivity contribution >= 4 is 17.2 Å². The van der Waals surface area contributed by atoms with Gasteiger partial charge in [0.25, 0.3) is 0 Å². The lowest BCUT2D eigenvalue weighted by atomic mass is 10.0. The van der Waals surface area contributed by atoms with E-state index in [1.54, 1.807) is 54.6 Å². The van der Waals surface area contributed by atoms with Gasteiger partial charge in [-0.2, -0.15) is 5.11 Å². The first kappa shape index (κ1) is 18.3. The quantitative estimate of drug-likeness (QED) is 0.450. The predicted molar refractivity (Wildman–Crippen MR) is 101 cm³/mol. The molecule has 0 aliphatic rings. The second-order valence-corrected chi connectivity index (χ2v) is 5.86. The first-order valence-corrected chi connectivity index (χ1v) is 8.36. The van der Waals surface area contributed by atoms with E-state index in [2.05, 4.69) is 10.2 Å². The van der Waals surface area contributed by atoms with Crippen LogP contribution in [0.2, 0.25) is 0 Å². The lowest BCUT2D eigenvalue weighted by Gasteiger charge is -2.07. The number of azo groups is 1. The number of aliphatic hydroxyl groups is 1. The van der Waals surface area contributed by atoms with Crippen molar-refractivity contribution in [1.82, 2.24) is 0 Å². The molecule has 136 valence electrons. The maximum atomic E-state index is 12.6. The van der Waals surface area contributed by atoms with E-state index in [-0.39, 0.29) is 29.4 Å². The maximum Gasteiger partial charge on any atom is 0.196 e. The van der Waals surface area contributed by atoms with Crippen LogP contribution in [0.25, 0.3) is 0 Å². The minimum atomic E-state index is -0.426. The number of phenolic OH excluding ortho intramolecular Hbond substituents is 2. The predicted octanol–water partition coefficient (Wildman–Crippen LogP) is 4.28. The zero-order valence-corrected chi connectivity index (χ0v) is 14.4. The summed E-state index contributed by atoms with van der Waals surface area (Å²) in [6.07, 6.45) is 0.544. The third kappa shape index (κ3) is 4.19. The standard InChI is InChI=1S/C21H18N2O4/c24-13-12-14-6-8-16(9-7-14)22-23-19-18(25)11-10-17(21(19)27)20(26)15-4-2-1-3-5-15/h1-11,24-25,27H,12-13H2. The number of ketones is 1. The second kappa shape index (κ2) is 8.25. The number of nitrogens with zero attached hydrogens (tertiary/aromatic N) is 2. The van der Waals surface area contributed by atoms with Gasteiger partial charge in [0, 0.05) is 12.2 Å². The van der Waals surface area contributed by atoms with Crippen molar-refractivity contribution in [3.8, 4) is 11.5 Å². The molecule has 0 bridgehead atoms. The minimum Gasteiger partial charge on any atom is -0.505 e. The van der Waals surface area contributed by atoms with E-state index in [9.17, 15) is 15.0 Å². The number of phenols is 2. The zero-order chi connectivity index (χ0) is 19.2. The summed E-state index contributed by atoms with van der Waals surface area (Å²) in [6, 6.07) is 18.2. The zero-order valence-electron chi connectivity index (χ0n) is 14.4. The minimum absolute atomic E-state index is 0.0336. The van der Waals surface area contributed by atoms with E-state index in [0.29, 0.717) is 17.7 Å². The summed E-state index contributed by atoms with van der Waals surface area (Å²) in [5.41, 5.74) is 1.75. The molecule has 3 aromatic carbocycles. The average molecular weight is 362 g/mol. The Balaban J connectivity index is 1.90. The van der Waals surface area contributed by atoms with Gasteiger partial charge in [-0.15, -0.1) is 5.11 Å². The van der Waals surface area contributed by atoms with Crippen molar-refractivity contribution in [2.24, 2.45) is 10.2 Å². The lowest BCUT2D eigenvalue weighted by Crippen LogP contribution is -2.01. The van der Waals surface area contributed by atoms with Crippen LogP contribution in [-0.4, -0.2) is 27.7 Å². The molecule has 27 heavy (non-hydrogen) atoms. The Morgan fingerprint density at radius 3 is 2.22 bits per heavy atom. The van der Waals surface area contributed by atoms with Gasteiger partial charge in [-0.1, -0.05) is 42.5 Å². The van der Waals surface area contributed by atoms with Gasteiger partial charge in [0.05, 0.1) is 11.3 Å². The highest BCUT2D eigenvalue weighted by Gasteiger charge is 2.19. The third-order valence-electron chi connectivity index (χ3n) is 4.01. The molecule has 0 saturated carbocycles. The largest absolute Gasteiger partial charge is 0.505 e. The molecule has 3 N–H and O–H groups in total. The van der Waals surface area contributed by atoms with Gasteiger partial charge in [0.1, 0.15) is 5.75 Å². The molecule has 0 heterocycles. The fourth-order valence-corrected chi connectivity index (χ4v) is 2.56. The van der Waals surface area contributed by atoms with E-state index >= 15 is 0 Å². The molecule has 0 amide bonds. The van der Waals surface area contributed by atoms with Gasteiger partial charge in [-0.3, -0.25) is 4.79 Å². The number of benzene rings is 3. The smallest absolute Gasteiger partial charge is 0.196 e. The molecule has 0 aliphatic heterocycles. The molecule has 6 heteroatoms. The van der Waals surface area contributed by atoms with Crippen LogP contribution in [0.15, 0.2) is 77.0 Å². The molecule has 0 atom stereocenters. The summed E-state index contributed by atoms with van der Waals surface area (Å²) in [5.74, 6) is -1.08. The Bertz CT molecular complexity index is 967. The van der Waals surface area contributed by atoms with Crippen LogP contribution in [0, 0.1) is 0 Å². The summed E-state index contributed by atoms with van der Waals surface area (Å²) in [6.45, 7) is 0.0604. The van der Waals surface area contributed by atoms with Gasteiger partial charge in [0.15, 0.2) is 17.2 Å². The number of aliphatic hydroxyl groups excluding tert-OH is 1. The van der Waals surface area contributed by atoms with Crippen LogP contribution in [0.4, 0.5) is 11.4 Å². The topological polar surface area (TPSA) is 102 Å². The highest BCUT2D eigenvalue weighted by Crippen LogP contribution is 2.40. The Kier molecular flexibility index (Phi) is 5.58. The van der Waals surface area contributed by atoms with Crippen molar-refractivity contribution in [2.45, 2.75) is 6.42 Å². The third-order valence-corrected chi connectivity index (χ3v) is 4.01. The number of hydrogen-bond donors (Lipinski definition) is 3. The highest BCUT2D eigenvalue weighted by atomic mass is 16.3. The maximum absolute atomic E-state index is 12.6. The van der Waals surface area contributed by atoms with E-state index in [1.165, 1.54) is 12.1 Å². The van der Waals surface area contributed by atoms with Crippen molar-refractivity contribution < 1.29 is 20.1 Å². The Labute approximate surface area is 156 Å². The van der Waals surface area contributed by atoms with Gasteiger partial charge in [-0.05, 0) is 36.2 Å². The van der Waals surface area contributed by atoms with E-state index in [4.69, 9.17) is 5.11 Å². The summed E-state index contributed by atoms with van der Waals surface area (Å²) >= 11 is 0. The molecule has 0 unspecified atom stereocenters. The van der Waals surface area contributed by atoms with Gasteiger partial charge in [0.2, 0.25) is 0 Å². The Morgan fingerprint density at radius 2 is 1.56 bits per heavy atom. The van der Waals surface area contributed by atoms with Crippen LogP contribution in [0.1, 0.15) is 21.5 Å². The van der Waals surface area contributed by atoms with Crippen LogP contribution in [-0.2, 0) is 6.42 Å². The fourth-order valence-electron chi connectivity index (χ4n) is 2.56. The van der Waals surface area contributed by atoms with Gasteiger partial charge >= 0.3 is 0 Å². The second-order valence-electron chi connectivity index (χ2n) is 5.86. The fraction of sp³-hybridized carbons (Fsp3) is 0.0952. The molecule has 3 aromatic rings. The molecule has 3 rings (SSSR count). The van der Waals surface area contributed by atoms with Gasteiger partial charge in [-0.25, -0.2) is 0 Å². The molecule has 6 nitrogen and oxygen atoms in total. The van der Waals surface area contributed by atoms with Crippen LogP contribution >= 0.6 is 0 Å². The average Bonchev–Trinajstić information content (AvgIpc) is 2.69. The molecule has 0 saturated heterocycles. The van der Waals surface area contributed by atoms with Gasteiger partial charge < -0.3 is 15.3 Å². The van der Waals surface area contributed by atoms with E-state index in [0.717, 1.165) is 5.56 Å². The summed E-state index contributed by atoms with van der Waals surface area (Å²) < 4.78 is 0. The summed E-state index contributed by atoms with van der Waals surface area (Å²) in [4.78, 5) is 12.6.